The maximum absolute atomic E-state index is 6.23. The lowest BCUT2D eigenvalue weighted by Gasteiger charge is -2.19. The molecule has 1 aromatic heterocycles. The smallest absolute Gasteiger partial charge is 0.0806 e. The lowest BCUT2D eigenvalue weighted by Crippen LogP contribution is -2.19. The molecule has 0 aliphatic rings. The molecule has 0 aliphatic carbocycles. The highest BCUT2D eigenvalue weighted by molar-refractivity contribution is 6.42. The zero-order valence-corrected chi connectivity index (χ0v) is 12.9. The van der Waals surface area contributed by atoms with Crippen molar-refractivity contribution < 1.29 is 0 Å². The van der Waals surface area contributed by atoms with Gasteiger partial charge in [-0.25, -0.2) is 0 Å². The fraction of sp³-hybridized carbons (Fsp3) is 0.154. The van der Waals surface area contributed by atoms with E-state index in [4.69, 9.17) is 46.4 Å². The molecule has 2 rings (SSSR count). The quantitative estimate of drug-likeness (QED) is 0.853. The Morgan fingerprint density at radius 1 is 1.11 bits per heavy atom. The van der Waals surface area contributed by atoms with E-state index in [1.54, 1.807) is 25.4 Å². The van der Waals surface area contributed by atoms with Gasteiger partial charge in [-0.05, 0) is 24.7 Å². The van der Waals surface area contributed by atoms with Crippen LogP contribution in [0.1, 0.15) is 17.3 Å². The van der Waals surface area contributed by atoms with Crippen molar-refractivity contribution in [2.45, 2.75) is 6.04 Å². The van der Waals surface area contributed by atoms with E-state index in [0.717, 1.165) is 5.56 Å². The van der Waals surface area contributed by atoms with Crippen molar-refractivity contribution in [2.75, 3.05) is 7.05 Å². The van der Waals surface area contributed by atoms with Gasteiger partial charge in [0.15, 0.2) is 0 Å². The van der Waals surface area contributed by atoms with Gasteiger partial charge in [0.1, 0.15) is 0 Å². The Kier molecular flexibility index (Phi) is 4.93. The van der Waals surface area contributed by atoms with Gasteiger partial charge in [0.25, 0.3) is 0 Å². The van der Waals surface area contributed by atoms with E-state index in [1.165, 1.54) is 0 Å². The van der Waals surface area contributed by atoms with Crippen LogP contribution in [0.2, 0.25) is 20.1 Å². The molecule has 1 unspecified atom stereocenters. The van der Waals surface area contributed by atoms with Crippen LogP contribution in [-0.4, -0.2) is 12.0 Å². The number of aromatic nitrogens is 1. The fourth-order valence-corrected chi connectivity index (χ4v) is 2.73. The highest BCUT2D eigenvalue weighted by atomic mass is 35.5. The molecular weight excluding hydrogens is 326 g/mol. The maximum Gasteiger partial charge on any atom is 0.0806 e. The van der Waals surface area contributed by atoms with E-state index in [0.29, 0.717) is 25.8 Å². The molecule has 0 aliphatic heterocycles. The fourth-order valence-electron chi connectivity index (χ4n) is 1.82. The molecule has 6 heteroatoms. The monoisotopic (exact) mass is 334 g/mol. The van der Waals surface area contributed by atoms with E-state index in [2.05, 4.69) is 10.3 Å². The number of benzene rings is 1. The summed E-state index contributed by atoms with van der Waals surface area (Å²) in [6.07, 6.45) is 1.55. The predicted molar refractivity (Wildman–Crippen MR) is 81.6 cm³/mol. The summed E-state index contributed by atoms with van der Waals surface area (Å²) in [7, 11) is 1.80. The summed E-state index contributed by atoms with van der Waals surface area (Å²) in [5.74, 6) is 0. The predicted octanol–water partition coefficient (Wildman–Crippen LogP) is 5.00. The van der Waals surface area contributed by atoms with E-state index in [-0.39, 0.29) is 6.04 Å². The second kappa shape index (κ2) is 6.29. The first-order valence-corrected chi connectivity index (χ1v) is 6.98. The van der Waals surface area contributed by atoms with Gasteiger partial charge in [-0.2, -0.15) is 0 Å². The number of hydrogen-bond donors (Lipinski definition) is 1. The lowest BCUT2D eigenvalue weighted by molar-refractivity contribution is 0.671. The number of hydrogen-bond acceptors (Lipinski definition) is 2. The minimum absolute atomic E-state index is 0.254. The molecule has 1 atom stereocenters. The molecule has 0 amide bonds. The summed E-state index contributed by atoms with van der Waals surface area (Å²) in [5.41, 5.74) is 1.46. The second-order valence-corrected chi connectivity index (χ2v) is 5.51. The van der Waals surface area contributed by atoms with Crippen molar-refractivity contribution in [3.63, 3.8) is 0 Å². The van der Waals surface area contributed by atoms with E-state index >= 15 is 0 Å². The average molecular weight is 336 g/mol. The van der Waals surface area contributed by atoms with Crippen molar-refractivity contribution in [3.8, 4) is 0 Å². The third-order valence-corrected chi connectivity index (χ3v) is 4.03. The lowest BCUT2D eigenvalue weighted by atomic mass is 10.0. The van der Waals surface area contributed by atoms with Crippen LogP contribution in [0.4, 0.5) is 0 Å². The zero-order chi connectivity index (χ0) is 14.0. The molecule has 0 bridgehead atoms. The Morgan fingerprint density at radius 3 is 2.47 bits per heavy atom. The number of rotatable bonds is 3. The molecule has 0 saturated carbocycles. The first-order chi connectivity index (χ1) is 9.04. The van der Waals surface area contributed by atoms with Gasteiger partial charge in [-0.1, -0.05) is 58.5 Å². The normalized spacial score (nSPS) is 12.5. The molecule has 0 saturated heterocycles. The number of pyridine rings is 1. The maximum atomic E-state index is 6.23. The summed E-state index contributed by atoms with van der Waals surface area (Å²) < 4.78 is 0. The first-order valence-electron chi connectivity index (χ1n) is 5.46. The molecule has 1 heterocycles. The summed E-state index contributed by atoms with van der Waals surface area (Å²) in [5, 5.41) is 5.06. The molecule has 1 N–H and O–H groups in total. The standard InChI is InChI=1S/C13H10Cl4N2/c1-18-12(8-3-2-4-9(15)11(8)17)13-10(16)5-7(14)6-19-13/h2-6,12,18H,1H3. The SMILES string of the molecule is CNC(c1cccc(Cl)c1Cl)c1ncc(Cl)cc1Cl. The molecule has 0 fully saturated rings. The van der Waals surface area contributed by atoms with Crippen LogP contribution in [0, 0.1) is 0 Å². The number of nitrogens with one attached hydrogen (secondary N) is 1. The van der Waals surface area contributed by atoms with Gasteiger partial charge in [0, 0.05) is 6.20 Å². The highest BCUT2D eigenvalue weighted by Gasteiger charge is 2.20. The van der Waals surface area contributed by atoms with Crippen molar-refractivity contribution >= 4 is 46.4 Å². The Balaban J connectivity index is 2.53. The van der Waals surface area contributed by atoms with Crippen LogP contribution >= 0.6 is 46.4 Å². The Morgan fingerprint density at radius 2 is 1.84 bits per heavy atom. The molecular formula is C13H10Cl4N2. The molecule has 1 aromatic carbocycles. The largest absolute Gasteiger partial charge is 0.308 e. The summed E-state index contributed by atoms with van der Waals surface area (Å²) >= 11 is 24.3. The molecule has 2 nitrogen and oxygen atoms in total. The number of halogens is 4. The summed E-state index contributed by atoms with van der Waals surface area (Å²) in [6, 6.07) is 6.83. The van der Waals surface area contributed by atoms with Gasteiger partial charge in [-0.3, -0.25) is 4.98 Å². The van der Waals surface area contributed by atoms with Crippen molar-refractivity contribution in [1.82, 2.24) is 10.3 Å². The minimum Gasteiger partial charge on any atom is -0.308 e. The van der Waals surface area contributed by atoms with Crippen LogP contribution in [0.3, 0.4) is 0 Å². The average Bonchev–Trinajstić information content (AvgIpc) is 2.37. The van der Waals surface area contributed by atoms with Crippen LogP contribution in [-0.2, 0) is 0 Å². The van der Waals surface area contributed by atoms with Crippen molar-refractivity contribution in [2.24, 2.45) is 0 Å². The summed E-state index contributed by atoms with van der Waals surface area (Å²) in [4.78, 5) is 4.27. The van der Waals surface area contributed by atoms with Gasteiger partial charge >= 0.3 is 0 Å². The molecule has 2 aromatic rings. The summed E-state index contributed by atoms with van der Waals surface area (Å²) in [6.45, 7) is 0. The first kappa shape index (κ1) is 14.9. The third-order valence-electron chi connectivity index (χ3n) is 2.69. The Hall–Kier alpha value is -0.510. The van der Waals surface area contributed by atoms with E-state index in [9.17, 15) is 0 Å². The number of nitrogens with zero attached hydrogens (tertiary/aromatic N) is 1. The van der Waals surface area contributed by atoms with Crippen molar-refractivity contribution in [3.05, 3.63) is 61.8 Å². The Bertz CT molecular complexity index is 601. The molecule has 19 heavy (non-hydrogen) atoms. The topological polar surface area (TPSA) is 24.9 Å². The second-order valence-electron chi connectivity index (χ2n) is 3.89. The van der Waals surface area contributed by atoms with Crippen LogP contribution < -0.4 is 5.32 Å². The van der Waals surface area contributed by atoms with E-state index in [1.807, 2.05) is 12.1 Å². The highest BCUT2D eigenvalue weighted by Crippen LogP contribution is 2.35. The van der Waals surface area contributed by atoms with Crippen LogP contribution in [0.15, 0.2) is 30.5 Å². The minimum atomic E-state index is -0.254. The molecule has 100 valence electrons. The van der Waals surface area contributed by atoms with Gasteiger partial charge < -0.3 is 5.32 Å². The van der Waals surface area contributed by atoms with Crippen molar-refractivity contribution in [1.29, 1.82) is 0 Å². The van der Waals surface area contributed by atoms with Gasteiger partial charge in [-0.15, -0.1) is 0 Å². The Labute approximate surface area is 131 Å². The zero-order valence-electron chi connectivity index (χ0n) is 9.92. The molecule has 0 radical (unpaired) electrons. The van der Waals surface area contributed by atoms with Gasteiger partial charge in [0.05, 0.1) is 31.8 Å². The molecule has 0 spiro atoms. The van der Waals surface area contributed by atoms with Crippen LogP contribution in [0.25, 0.3) is 0 Å². The van der Waals surface area contributed by atoms with Crippen LogP contribution in [0.5, 0.6) is 0 Å². The third kappa shape index (κ3) is 3.15. The van der Waals surface area contributed by atoms with Gasteiger partial charge in [0.2, 0.25) is 0 Å². The van der Waals surface area contributed by atoms with E-state index < -0.39 is 0 Å².